The zero-order chi connectivity index (χ0) is 15.5. The van der Waals surface area contributed by atoms with Gasteiger partial charge in [0.1, 0.15) is 5.75 Å². The van der Waals surface area contributed by atoms with Crippen LogP contribution in [-0.2, 0) is 12.7 Å². The first-order valence-electron chi connectivity index (χ1n) is 6.09. The number of alkyl halides is 3. The summed E-state index contributed by atoms with van der Waals surface area (Å²) < 4.78 is 37.2. The predicted molar refractivity (Wildman–Crippen MR) is 70.7 cm³/mol. The molecule has 0 aliphatic carbocycles. The number of halogens is 3. The summed E-state index contributed by atoms with van der Waals surface area (Å²) in [5, 5.41) is 11.8. The maximum atomic E-state index is 12.4. The van der Waals surface area contributed by atoms with Crippen LogP contribution in [0.3, 0.4) is 0 Å². The molecular formula is C15H12F3NO2. The molecule has 0 atom stereocenters. The number of phenols is 1. The molecule has 0 aliphatic heterocycles. The molecule has 2 rings (SSSR count). The van der Waals surface area contributed by atoms with E-state index in [4.69, 9.17) is 0 Å². The van der Waals surface area contributed by atoms with Crippen molar-refractivity contribution in [2.45, 2.75) is 12.7 Å². The monoisotopic (exact) mass is 295 g/mol. The van der Waals surface area contributed by atoms with E-state index in [1.165, 1.54) is 36.4 Å². The summed E-state index contributed by atoms with van der Waals surface area (Å²) in [5.41, 5.74) is 0.101. The van der Waals surface area contributed by atoms with Crippen molar-refractivity contribution in [2.24, 2.45) is 0 Å². The largest absolute Gasteiger partial charge is 0.508 e. The molecular weight excluding hydrogens is 283 g/mol. The summed E-state index contributed by atoms with van der Waals surface area (Å²) in [6.45, 7) is 0.104. The summed E-state index contributed by atoms with van der Waals surface area (Å²) in [5.74, 6) is -0.442. The van der Waals surface area contributed by atoms with Crippen LogP contribution < -0.4 is 5.32 Å². The number of phenolic OH excluding ortho intramolecular Hbond substituents is 1. The van der Waals surface area contributed by atoms with Crippen molar-refractivity contribution in [3.8, 4) is 5.75 Å². The third kappa shape index (κ3) is 3.98. The molecule has 1 amide bonds. The van der Waals surface area contributed by atoms with Gasteiger partial charge in [0.05, 0.1) is 5.56 Å². The average molecular weight is 295 g/mol. The van der Waals surface area contributed by atoms with E-state index in [2.05, 4.69) is 5.32 Å². The fourth-order valence-electron chi connectivity index (χ4n) is 1.74. The molecule has 110 valence electrons. The van der Waals surface area contributed by atoms with Crippen LogP contribution in [0.15, 0.2) is 48.5 Å². The SMILES string of the molecule is O=C(NCc1ccc(C(F)(F)F)cc1)c1cccc(O)c1. The minimum Gasteiger partial charge on any atom is -0.508 e. The molecule has 3 nitrogen and oxygen atoms in total. The minimum atomic E-state index is -4.37. The summed E-state index contributed by atoms with van der Waals surface area (Å²) >= 11 is 0. The van der Waals surface area contributed by atoms with Gasteiger partial charge in [0.25, 0.3) is 5.91 Å². The van der Waals surface area contributed by atoms with Gasteiger partial charge in [-0.05, 0) is 35.9 Å². The van der Waals surface area contributed by atoms with Crippen LogP contribution >= 0.6 is 0 Å². The van der Waals surface area contributed by atoms with Gasteiger partial charge in [-0.2, -0.15) is 13.2 Å². The smallest absolute Gasteiger partial charge is 0.416 e. The van der Waals surface area contributed by atoms with Crippen molar-refractivity contribution >= 4 is 5.91 Å². The molecule has 2 aromatic rings. The summed E-state index contributed by atoms with van der Waals surface area (Å²) in [6.07, 6.45) is -4.37. The molecule has 0 radical (unpaired) electrons. The fourth-order valence-corrected chi connectivity index (χ4v) is 1.74. The molecule has 0 aliphatic rings. The standard InChI is InChI=1S/C15H12F3NO2/c16-15(17,18)12-6-4-10(5-7-12)9-19-14(21)11-2-1-3-13(20)8-11/h1-8,20H,9H2,(H,19,21). The summed E-state index contributed by atoms with van der Waals surface area (Å²) in [7, 11) is 0. The molecule has 21 heavy (non-hydrogen) atoms. The number of hydrogen-bond acceptors (Lipinski definition) is 2. The van der Waals surface area contributed by atoms with E-state index in [0.29, 0.717) is 5.56 Å². The molecule has 0 heterocycles. The molecule has 0 saturated carbocycles. The van der Waals surface area contributed by atoms with Gasteiger partial charge in [-0.25, -0.2) is 0 Å². The van der Waals surface area contributed by atoms with Crippen LogP contribution in [-0.4, -0.2) is 11.0 Å². The Hall–Kier alpha value is -2.50. The number of benzene rings is 2. The lowest BCUT2D eigenvalue weighted by atomic mass is 10.1. The molecule has 0 saturated heterocycles. The molecule has 0 bridgehead atoms. The zero-order valence-corrected chi connectivity index (χ0v) is 10.8. The number of nitrogens with one attached hydrogen (secondary N) is 1. The average Bonchev–Trinajstić information content (AvgIpc) is 2.44. The van der Waals surface area contributed by atoms with E-state index in [-0.39, 0.29) is 17.9 Å². The maximum absolute atomic E-state index is 12.4. The van der Waals surface area contributed by atoms with Gasteiger partial charge in [0.2, 0.25) is 0 Å². The van der Waals surface area contributed by atoms with Gasteiger partial charge in [0, 0.05) is 12.1 Å². The first kappa shape index (κ1) is 14.9. The van der Waals surface area contributed by atoms with Crippen LogP contribution in [0.25, 0.3) is 0 Å². The van der Waals surface area contributed by atoms with Crippen molar-refractivity contribution < 1.29 is 23.1 Å². The molecule has 0 unspecified atom stereocenters. The van der Waals surface area contributed by atoms with Gasteiger partial charge in [-0.3, -0.25) is 4.79 Å². The quantitative estimate of drug-likeness (QED) is 0.912. The van der Waals surface area contributed by atoms with Gasteiger partial charge in [0.15, 0.2) is 0 Å². The highest BCUT2D eigenvalue weighted by molar-refractivity contribution is 5.94. The predicted octanol–water partition coefficient (Wildman–Crippen LogP) is 3.34. The Morgan fingerprint density at radius 2 is 1.76 bits per heavy atom. The Balaban J connectivity index is 1.98. The number of carbonyl (C=O) groups is 1. The zero-order valence-electron chi connectivity index (χ0n) is 10.8. The number of carbonyl (C=O) groups excluding carboxylic acids is 1. The lowest BCUT2D eigenvalue weighted by Crippen LogP contribution is -2.22. The summed E-state index contributed by atoms with van der Waals surface area (Å²) in [6, 6.07) is 10.4. The lowest BCUT2D eigenvalue weighted by molar-refractivity contribution is -0.137. The number of amides is 1. The van der Waals surface area contributed by atoms with Gasteiger partial charge in [-0.15, -0.1) is 0 Å². The topological polar surface area (TPSA) is 49.3 Å². The molecule has 2 aromatic carbocycles. The molecule has 2 N–H and O–H groups in total. The van der Waals surface area contributed by atoms with Gasteiger partial charge in [-0.1, -0.05) is 18.2 Å². The highest BCUT2D eigenvalue weighted by Crippen LogP contribution is 2.29. The van der Waals surface area contributed by atoms with E-state index < -0.39 is 17.6 Å². The Morgan fingerprint density at radius 3 is 2.33 bits per heavy atom. The lowest BCUT2D eigenvalue weighted by Gasteiger charge is -2.09. The Labute approximate surface area is 119 Å². The van der Waals surface area contributed by atoms with Crippen molar-refractivity contribution in [3.63, 3.8) is 0 Å². The minimum absolute atomic E-state index is 0.0304. The van der Waals surface area contributed by atoms with Gasteiger partial charge >= 0.3 is 6.18 Å². The van der Waals surface area contributed by atoms with Crippen LogP contribution in [0.2, 0.25) is 0 Å². The van der Waals surface area contributed by atoms with Crippen LogP contribution in [0.4, 0.5) is 13.2 Å². The highest BCUT2D eigenvalue weighted by atomic mass is 19.4. The molecule has 6 heteroatoms. The van der Waals surface area contributed by atoms with E-state index >= 15 is 0 Å². The highest BCUT2D eigenvalue weighted by Gasteiger charge is 2.29. The van der Waals surface area contributed by atoms with Crippen LogP contribution in [0.1, 0.15) is 21.5 Å². The second-order valence-corrected chi connectivity index (χ2v) is 4.43. The van der Waals surface area contributed by atoms with Crippen molar-refractivity contribution in [2.75, 3.05) is 0 Å². The maximum Gasteiger partial charge on any atom is 0.416 e. The van der Waals surface area contributed by atoms with Crippen molar-refractivity contribution in [3.05, 3.63) is 65.2 Å². The number of rotatable bonds is 3. The van der Waals surface area contributed by atoms with E-state index in [9.17, 15) is 23.1 Å². The third-order valence-corrected chi connectivity index (χ3v) is 2.84. The molecule has 0 fully saturated rings. The second kappa shape index (κ2) is 5.87. The van der Waals surface area contributed by atoms with E-state index in [0.717, 1.165) is 12.1 Å². The Bertz CT molecular complexity index is 636. The molecule has 0 aromatic heterocycles. The van der Waals surface area contributed by atoms with Crippen molar-refractivity contribution in [1.29, 1.82) is 0 Å². The van der Waals surface area contributed by atoms with Crippen molar-refractivity contribution in [1.82, 2.24) is 5.32 Å². The van der Waals surface area contributed by atoms with Gasteiger partial charge < -0.3 is 10.4 Å². The summed E-state index contributed by atoms with van der Waals surface area (Å²) in [4.78, 5) is 11.8. The van der Waals surface area contributed by atoms with Crippen LogP contribution in [0.5, 0.6) is 5.75 Å². The normalized spacial score (nSPS) is 11.2. The Kier molecular flexibility index (Phi) is 4.16. The first-order chi connectivity index (χ1) is 9.86. The number of hydrogen-bond donors (Lipinski definition) is 2. The van der Waals surface area contributed by atoms with E-state index in [1.807, 2.05) is 0 Å². The van der Waals surface area contributed by atoms with Crippen LogP contribution in [0, 0.1) is 0 Å². The second-order valence-electron chi connectivity index (χ2n) is 4.43. The number of aromatic hydroxyl groups is 1. The third-order valence-electron chi connectivity index (χ3n) is 2.84. The Morgan fingerprint density at radius 1 is 1.10 bits per heavy atom. The van der Waals surface area contributed by atoms with E-state index in [1.54, 1.807) is 0 Å². The molecule has 0 spiro atoms. The fraction of sp³-hybridized carbons (Fsp3) is 0.133. The first-order valence-corrected chi connectivity index (χ1v) is 6.09.